The van der Waals surface area contributed by atoms with Gasteiger partial charge in [-0.2, -0.15) is 18.2 Å². The van der Waals surface area contributed by atoms with Gasteiger partial charge in [-0.25, -0.2) is 10.8 Å². The minimum absolute atomic E-state index is 0.197. The highest BCUT2D eigenvalue weighted by molar-refractivity contribution is 5.45. The number of rotatable bonds is 3. The summed E-state index contributed by atoms with van der Waals surface area (Å²) in [5.74, 6) is 5.85. The molecule has 0 radical (unpaired) electrons. The average Bonchev–Trinajstić information content (AvgIpc) is 2.46. The van der Waals surface area contributed by atoms with Crippen LogP contribution in [0.5, 0.6) is 0 Å². The van der Waals surface area contributed by atoms with E-state index in [1.54, 1.807) is 11.9 Å². The summed E-state index contributed by atoms with van der Waals surface area (Å²) in [6, 6.07) is 1.17. The smallest absolute Gasteiger partial charge is 0.357 e. The molecule has 0 spiro atoms. The highest BCUT2D eigenvalue weighted by Crippen LogP contribution is 2.33. The summed E-state index contributed by atoms with van der Waals surface area (Å²) < 4.78 is 38.6. The predicted octanol–water partition coefficient (Wildman–Crippen LogP) is 2.80. The Hall–Kier alpha value is -1.57. The van der Waals surface area contributed by atoms with Crippen molar-refractivity contribution in [2.45, 2.75) is 44.8 Å². The lowest BCUT2D eigenvalue weighted by atomic mass is 9.87. The van der Waals surface area contributed by atoms with Crippen molar-refractivity contribution >= 4 is 11.8 Å². The van der Waals surface area contributed by atoms with E-state index in [2.05, 4.69) is 22.3 Å². The fraction of sp³-hybridized carbons (Fsp3) is 0.692. The third-order valence-electron chi connectivity index (χ3n) is 4.03. The Morgan fingerprint density at radius 3 is 2.38 bits per heavy atom. The molecule has 21 heavy (non-hydrogen) atoms. The van der Waals surface area contributed by atoms with Gasteiger partial charge in [0.05, 0.1) is 0 Å². The van der Waals surface area contributed by atoms with Gasteiger partial charge in [-0.15, -0.1) is 0 Å². The van der Waals surface area contributed by atoms with Gasteiger partial charge in [0.15, 0.2) is 5.69 Å². The second-order valence-corrected chi connectivity index (χ2v) is 5.60. The quantitative estimate of drug-likeness (QED) is 0.664. The number of nitrogen functional groups attached to an aromatic ring is 1. The van der Waals surface area contributed by atoms with Crippen LogP contribution < -0.4 is 16.2 Å². The molecule has 2 rings (SSSR count). The van der Waals surface area contributed by atoms with Crippen LogP contribution >= 0.6 is 0 Å². The lowest BCUT2D eigenvalue weighted by Gasteiger charge is -2.34. The highest BCUT2D eigenvalue weighted by atomic mass is 19.4. The lowest BCUT2D eigenvalue weighted by molar-refractivity contribution is -0.141. The van der Waals surface area contributed by atoms with Gasteiger partial charge in [0.2, 0.25) is 5.95 Å². The number of aromatic nitrogens is 2. The van der Waals surface area contributed by atoms with Crippen LogP contribution in [0.25, 0.3) is 0 Å². The van der Waals surface area contributed by atoms with E-state index in [0.29, 0.717) is 5.92 Å². The van der Waals surface area contributed by atoms with Crippen LogP contribution in [0, 0.1) is 5.92 Å². The third kappa shape index (κ3) is 3.75. The molecule has 0 unspecified atom stereocenters. The van der Waals surface area contributed by atoms with E-state index in [1.807, 2.05) is 0 Å². The number of halogens is 3. The summed E-state index contributed by atoms with van der Waals surface area (Å²) in [5, 5.41) is 0. The van der Waals surface area contributed by atoms with Crippen molar-refractivity contribution in [2.75, 3.05) is 17.4 Å². The van der Waals surface area contributed by atoms with Crippen LogP contribution in [0.3, 0.4) is 0 Å². The first-order valence-electron chi connectivity index (χ1n) is 6.97. The van der Waals surface area contributed by atoms with Gasteiger partial charge in [0.25, 0.3) is 0 Å². The molecule has 0 aromatic carbocycles. The largest absolute Gasteiger partial charge is 0.433 e. The molecule has 0 atom stereocenters. The molecule has 0 aliphatic heterocycles. The number of anilines is 2. The number of hydrogen-bond donors (Lipinski definition) is 2. The van der Waals surface area contributed by atoms with Crippen molar-refractivity contribution in [3.8, 4) is 0 Å². The minimum Gasteiger partial charge on any atom is -0.357 e. The Balaban J connectivity index is 2.25. The Kier molecular flexibility index (Phi) is 4.55. The van der Waals surface area contributed by atoms with Gasteiger partial charge in [-0.1, -0.05) is 6.92 Å². The molecule has 1 aliphatic rings. The molecule has 1 heterocycles. The van der Waals surface area contributed by atoms with Crippen molar-refractivity contribution in [3.63, 3.8) is 0 Å². The first-order chi connectivity index (χ1) is 9.81. The molecule has 3 N–H and O–H groups in total. The zero-order valence-electron chi connectivity index (χ0n) is 12.1. The second-order valence-electron chi connectivity index (χ2n) is 5.60. The van der Waals surface area contributed by atoms with Crippen molar-refractivity contribution < 1.29 is 13.2 Å². The molecule has 1 saturated carbocycles. The maximum Gasteiger partial charge on any atom is 0.433 e. The topological polar surface area (TPSA) is 67.1 Å². The summed E-state index contributed by atoms with van der Waals surface area (Å²) in [7, 11) is 1.77. The van der Waals surface area contributed by atoms with Crippen molar-refractivity contribution in [1.82, 2.24) is 9.97 Å². The molecule has 5 nitrogen and oxygen atoms in total. The Morgan fingerprint density at radius 1 is 1.24 bits per heavy atom. The van der Waals surface area contributed by atoms with Crippen LogP contribution in [0.4, 0.5) is 24.9 Å². The second kappa shape index (κ2) is 6.05. The van der Waals surface area contributed by atoms with E-state index in [1.165, 1.54) is 0 Å². The van der Waals surface area contributed by atoms with Crippen molar-refractivity contribution in [2.24, 2.45) is 11.8 Å². The molecule has 1 aromatic heterocycles. The van der Waals surface area contributed by atoms with Crippen LogP contribution in [0.2, 0.25) is 0 Å². The monoisotopic (exact) mass is 303 g/mol. The third-order valence-corrected chi connectivity index (χ3v) is 4.03. The number of hydrogen-bond acceptors (Lipinski definition) is 5. The zero-order valence-corrected chi connectivity index (χ0v) is 12.1. The maximum absolute atomic E-state index is 12.9. The molecular formula is C13H20F3N5. The molecule has 1 aliphatic carbocycles. The SMILES string of the molecule is CC1CCC(N(C)c2cc(C(F)(F)F)nc(NN)n2)CC1. The zero-order chi connectivity index (χ0) is 15.6. The molecule has 1 aromatic rings. The van der Waals surface area contributed by atoms with Gasteiger partial charge in [0.1, 0.15) is 5.82 Å². The highest BCUT2D eigenvalue weighted by Gasteiger charge is 2.34. The molecule has 118 valence electrons. The van der Waals surface area contributed by atoms with E-state index in [0.717, 1.165) is 31.7 Å². The van der Waals surface area contributed by atoms with E-state index in [9.17, 15) is 13.2 Å². The summed E-state index contributed by atoms with van der Waals surface area (Å²) in [6.07, 6.45) is -0.462. The number of nitrogens with one attached hydrogen (secondary N) is 1. The van der Waals surface area contributed by atoms with E-state index < -0.39 is 11.9 Å². The number of nitrogens with zero attached hydrogens (tertiary/aromatic N) is 3. The molecular weight excluding hydrogens is 283 g/mol. The van der Waals surface area contributed by atoms with Crippen LogP contribution in [0.1, 0.15) is 38.3 Å². The Morgan fingerprint density at radius 2 is 1.86 bits per heavy atom. The molecule has 0 amide bonds. The number of alkyl halides is 3. The average molecular weight is 303 g/mol. The Bertz CT molecular complexity index is 483. The van der Waals surface area contributed by atoms with Gasteiger partial charge < -0.3 is 4.90 Å². The fourth-order valence-electron chi connectivity index (χ4n) is 2.64. The van der Waals surface area contributed by atoms with Crippen LogP contribution in [-0.2, 0) is 6.18 Å². The van der Waals surface area contributed by atoms with E-state index in [4.69, 9.17) is 5.84 Å². The summed E-state index contributed by atoms with van der Waals surface area (Å²) in [4.78, 5) is 9.20. The maximum atomic E-state index is 12.9. The normalized spacial score (nSPS) is 23.0. The first kappa shape index (κ1) is 15.8. The predicted molar refractivity (Wildman–Crippen MR) is 74.7 cm³/mol. The van der Waals surface area contributed by atoms with E-state index in [-0.39, 0.29) is 17.8 Å². The van der Waals surface area contributed by atoms with Gasteiger partial charge in [-0.05, 0) is 31.6 Å². The molecule has 0 bridgehead atoms. The standard InChI is InChI=1S/C13H20F3N5/c1-8-3-5-9(6-4-8)21(2)11-7-10(13(14,15)16)18-12(19-11)20-17/h7-9H,3-6,17H2,1-2H3,(H,18,19,20). The van der Waals surface area contributed by atoms with Crippen molar-refractivity contribution in [3.05, 3.63) is 11.8 Å². The lowest BCUT2D eigenvalue weighted by Crippen LogP contribution is -2.35. The van der Waals surface area contributed by atoms with Crippen molar-refractivity contribution in [1.29, 1.82) is 0 Å². The van der Waals surface area contributed by atoms with E-state index >= 15 is 0 Å². The molecule has 1 fully saturated rings. The molecule has 8 heteroatoms. The van der Waals surface area contributed by atoms with Crippen LogP contribution in [0.15, 0.2) is 6.07 Å². The summed E-state index contributed by atoms with van der Waals surface area (Å²) >= 11 is 0. The van der Waals surface area contributed by atoms with Gasteiger partial charge in [-0.3, -0.25) is 5.43 Å². The van der Waals surface area contributed by atoms with Gasteiger partial charge in [0, 0.05) is 19.2 Å². The summed E-state index contributed by atoms with van der Waals surface area (Å²) in [5.41, 5.74) is 1.11. The fourth-order valence-corrected chi connectivity index (χ4v) is 2.64. The Labute approximate surface area is 121 Å². The number of nitrogens with two attached hydrogens (primary N) is 1. The number of hydrazine groups is 1. The summed E-state index contributed by atoms with van der Waals surface area (Å²) in [6.45, 7) is 2.19. The molecule has 0 saturated heterocycles. The first-order valence-corrected chi connectivity index (χ1v) is 6.97. The minimum atomic E-state index is -4.52. The van der Waals surface area contributed by atoms with Crippen LogP contribution in [-0.4, -0.2) is 23.1 Å². The van der Waals surface area contributed by atoms with Gasteiger partial charge >= 0.3 is 6.18 Å².